The topological polar surface area (TPSA) is 123 Å². The van der Waals surface area contributed by atoms with Gasteiger partial charge in [0.15, 0.2) is 0 Å². The zero-order valence-electron chi connectivity index (χ0n) is 24.0. The van der Waals surface area contributed by atoms with E-state index < -0.39 is 85.2 Å². The molecule has 1 aliphatic heterocycles. The number of alkyl halides is 5. The van der Waals surface area contributed by atoms with Gasteiger partial charge in [-0.05, 0) is 56.2 Å². The monoisotopic (exact) mass is 638 g/mol. The predicted octanol–water partition coefficient (Wildman–Crippen LogP) is 5.48. The van der Waals surface area contributed by atoms with Crippen LogP contribution in [-0.2, 0) is 14.4 Å². The van der Waals surface area contributed by atoms with E-state index in [9.17, 15) is 40.7 Å². The van der Waals surface area contributed by atoms with Gasteiger partial charge in [-0.15, -0.1) is 0 Å². The smallest absolute Gasteiger partial charge is 0.389 e. The van der Waals surface area contributed by atoms with Gasteiger partial charge in [0.25, 0.3) is 5.91 Å². The summed E-state index contributed by atoms with van der Waals surface area (Å²) < 4.78 is 88.0. The summed E-state index contributed by atoms with van der Waals surface area (Å²) in [7, 11) is 0. The number of hydrogen-bond acceptors (Lipinski definition) is 5. The lowest BCUT2D eigenvalue weighted by atomic mass is 9.71. The van der Waals surface area contributed by atoms with E-state index in [0.717, 1.165) is 12.8 Å². The summed E-state index contributed by atoms with van der Waals surface area (Å²) >= 11 is 0. The summed E-state index contributed by atoms with van der Waals surface area (Å²) in [6.45, 7) is 0. The fourth-order valence-corrected chi connectivity index (χ4v) is 5.95. The third-order valence-electron chi connectivity index (χ3n) is 8.34. The Morgan fingerprint density at radius 3 is 2.40 bits per heavy atom. The Bertz CT molecular complexity index is 1480. The summed E-state index contributed by atoms with van der Waals surface area (Å²) in [5.41, 5.74) is 6.46. The number of carbonyl (C=O) groups is 3. The highest BCUT2D eigenvalue weighted by Gasteiger charge is 2.45. The maximum Gasteiger partial charge on any atom is 0.389 e. The molecule has 0 spiro atoms. The number of primary amides is 1. The fourth-order valence-electron chi connectivity index (χ4n) is 5.95. The highest BCUT2D eigenvalue weighted by atomic mass is 19.4. The molecule has 3 atom stereocenters. The fraction of sp³-hybridized carbons (Fsp3) is 0.484. The largest absolute Gasteiger partial charge is 0.488 e. The van der Waals surface area contributed by atoms with Crippen molar-refractivity contribution in [3.8, 4) is 5.75 Å². The van der Waals surface area contributed by atoms with Crippen molar-refractivity contribution in [2.45, 2.75) is 75.7 Å². The Kier molecular flexibility index (Phi) is 9.13. The number of benzodiazepines with no additional fused rings is 1. The van der Waals surface area contributed by atoms with Crippen LogP contribution >= 0.6 is 0 Å². The Morgan fingerprint density at radius 1 is 1.09 bits per heavy atom. The molecular formula is C31H32F6N4O4. The van der Waals surface area contributed by atoms with Crippen molar-refractivity contribution >= 4 is 29.1 Å². The van der Waals surface area contributed by atoms with Crippen LogP contribution in [0.3, 0.4) is 0 Å². The van der Waals surface area contributed by atoms with Gasteiger partial charge in [-0.1, -0.05) is 24.3 Å². The number of nitrogens with one attached hydrogen (secondary N) is 2. The Labute approximate surface area is 254 Å². The van der Waals surface area contributed by atoms with Crippen LogP contribution < -0.4 is 21.1 Å². The van der Waals surface area contributed by atoms with Crippen LogP contribution in [0.15, 0.2) is 47.5 Å². The zero-order valence-corrected chi connectivity index (χ0v) is 24.0. The predicted molar refractivity (Wildman–Crippen MR) is 151 cm³/mol. The molecule has 0 bridgehead atoms. The molecule has 14 heteroatoms. The second-order valence-corrected chi connectivity index (χ2v) is 11.8. The summed E-state index contributed by atoms with van der Waals surface area (Å²) in [5, 5.41) is 5.03. The third-order valence-corrected chi connectivity index (χ3v) is 8.34. The van der Waals surface area contributed by atoms with Gasteiger partial charge in [-0.25, -0.2) is 18.2 Å². The van der Waals surface area contributed by atoms with Gasteiger partial charge in [0.05, 0.1) is 29.3 Å². The molecule has 2 saturated carbocycles. The van der Waals surface area contributed by atoms with E-state index in [1.165, 1.54) is 24.3 Å². The number of ether oxygens (including phenoxy) is 1. The van der Waals surface area contributed by atoms with Gasteiger partial charge < -0.3 is 21.1 Å². The summed E-state index contributed by atoms with van der Waals surface area (Å²) in [5.74, 6) is -10.5. The molecule has 2 fully saturated rings. The molecular weight excluding hydrogens is 606 g/mol. The first kappa shape index (κ1) is 32.3. The average Bonchev–Trinajstić information content (AvgIpc) is 3.79. The lowest BCUT2D eigenvalue weighted by Gasteiger charge is -2.36. The van der Waals surface area contributed by atoms with Gasteiger partial charge in [-0.2, -0.15) is 13.2 Å². The lowest BCUT2D eigenvalue weighted by molar-refractivity contribution is -0.149. The number of benzene rings is 2. The average molecular weight is 639 g/mol. The minimum atomic E-state index is -4.71. The number of para-hydroxylation sites is 1. The number of fused-ring (bicyclic) bond motifs is 1. The van der Waals surface area contributed by atoms with Crippen LogP contribution in [-0.4, -0.2) is 47.8 Å². The SMILES string of the molecule is NC(=O)[C@@H](C1CCC(F)(F)CC1)[C@@H](CCC(F)(F)F)C(=O)N[C@H]1N=C(c2cccc(F)c2)c2cccc(OC3CC3)c2NC1=O. The van der Waals surface area contributed by atoms with Crippen molar-refractivity contribution in [2.75, 3.05) is 5.32 Å². The van der Waals surface area contributed by atoms with Crippen molar-refractivity contribution in [2.24, 2.45) is 28.5 Å². The molecule has 5 rings (SSSR count). The van der Waals surface area contributed by atoms with E-state index in [0.29, 0.717) is 11.3 Å². The zero-order chi connectivity index (χ0) is 32.5. The first-order valence-corrected chi connectivity index (χ1v) is 14.7. The number of carbonyl (C=O) groups excluding carboxylic acids is 3. The number of anilines is 1. The van der Waals surface area contributed by atoms with E-state index in [-0.39, 0.29) is 35.9 Å². The van der Waals surface area contributed by atoms with Gasteiger partial charge in [-0.3, -0.25) is 14.4 Å². The molecule has 8 nitrogen and oxygen atoms in total. The Morgan fingerprint density at radius 2 is 1.78 bits per heavy atom. The Hall–Kier alpha value is -4.10. The van der Waals surface area contributed by atoms with E-state index in [2.05, 4.69) is 15.6 Å². The standard InChI is InChI=1S/C31H32F6N4O4/c32-18-4-1-3-17(15-18)24-21-5-2-6-22(45-19-7-8-19)25(21)40-29(44)27(39-24)41-28(43)20(11-14-31(35,36)37)23(26(38)42)16-9-12-30(33,34)13-10-16/h1-6,15-16,19-20,23,27H,7-14H2,(H2,38,42)(H,40,44)(H,41,43)/t20-,23+,27-/m1/s1. The number of halogens is 6. The molecule has 1 heterocycles. The summed E-state index contributed by atoms with van der Waals surface area (Å²) in [6.07, 6.45) is -8.87. The van der Waals surface area contributed by atoms with Crippen molar-refractivity contribution in [1.29, 1.82) is 0 Å². The molecule has 45 heavy (non-hydrogen) atoms. The minimum Gasteiger partial charge on any atom is -0.488 e. The summed E-state index contributed by atoms with van der Waals surface area (Å²) in [4.78, 5) is 44.3. The molecule has 0 radical (unpaired) electrons. The molecule has 2 aromatic carbocycles. The molecule has 3 amide bonds. The molecule has 0 saturated heterocycles. The molecule has 2 aliphatic carbocycles. The lowest BCUT2D eigenvalue weighted by Crippen LogP contribution is -2.50. The minimum absolute atomic E-state index is 0.0680. The van der Waals surface area contributed by atoms with E-state index in [4.69, 9.17) is 10.5 Å². The van der Waals surface area contributed by atoms with Gasteiger partial charge in [0.2, 0.25) is 23.9 Å². The van der Waals surface area contributed by atoms with E-state index in [1.54, 1.807) is 18.2 Å². The van der Waals surface area contributed by atoms with Crippen LogP contribution in [0.25, 0.3) is 0 Å². The highest BCUT2D eigenvalue weighted by Crippen LogP contribution is 2.43. The number of aliphatic imine (C=N–C) groups is 1. The van der Waals surface area contributed by atoms with Crippen LogP contribution in [0.2, 0.25) is 0 Å². The molecule has 0 unspecified atom stereocenters. The van der Waals surface area contributed by atoms with Crippen molar-refractivity contribution in [3.05, 3.63) is 59.4 Å². The van der Waals surface area contributed by atoms with E-state index >= 15 is 0 Å². The summed E-state index contributed by atoms with van der Waals surface area (Å²) in [6, 6.07) is 10.2. The molecule has 242 valence electrons. The second-order valence-electron chi connectivity index (χ2n) is 11.8. The van der Waals surface area contributed by atoms with Crippen molar-refractivity contribution < 1.29 is 45.5 Å². The van der Waals surface area contributed by atoms with Gasteiger partial charge in [0, 0.05) is 30.4 Å². The molecule has 2 aromatic rings. The quantitative estimate of drug-likeness (QED) is 0.298. The third kappa shape index (κ3) is 7.95. The number of nitrogens with two attached hydrogens (primary N) is 1. The first-order chi connectivity index (χ1) is 21.2. The van der Waals surface area contributed by atoms with E-state index in [1.807, 2.05) is 0 Å². The number of hydrogen-bond donors (Lipinski definition) is 3. The molecule has 4 N–H and O–H groups in total. The van der Waals surface area contributed by atoms with Crippen LogP contribution in [0.1, 0.15) is 62.5 Å². The normalized spacial score (nSPS) is 21.4. The number of rotatable bonds is 10. The second kappa shape index (κ2) is 12.7. The molecule has 0 aromatic heterocycles. The molecule has 3 aliphatic rings. The van der Waals surface area contributed by atoms with Crippen LogP contribution in [0.5, 0.6) is 5.75 Å². The van der Waals surface area contributed by atoms with Crippen LogP contribution in [0, 0.1) is 23.6 Å². The highest BCUT2D eigenvalue weighted by molar-refractivity contribution is 6.20. The Balaban J connectivity index is 1.50. The van der Waals surface area contributed by atoms with Crippen LogP contribution in [0.4, 0.5) is 32.0 Å². The van der Waals surface area contributed by atoms with Crippen molar-refractivity contribution in [1.82, 2.24) is 5.32 Å². The first-order valence-electron chi connectivity index (χ1n) is 14.7. The van der Waals surface area contributed by atoms with Gasteiger partial charge >= 0.3 is 6.18 Å². The number of amides is 3. The van der Waals surface area contributed by atoms with Gasteiger partial charge in [0.1, 0.15) is 11.6 Å². The number of nitrogens with zero attached hydrogens (tertiary/aromatic N) is 1. The van der Waals surface area contributed by atoms with Crippen molar-refractivity contribution in [3.63, 3.8) is 0 Å². The maximum absolute atomic E-state index is 14.3. The maximum atomic E-state index is 14.3.